The van der Waals surface area contributed by atoms with E-state index < -0.39 is 18.1 Å². The molecule has 5 heteroatoms. The molecule has 3 rings (SSSR count). The Balaban J connectivity index is 2.39. The zero-order chi connectivity index (χ0) is 5.40. The molecule has 0 saturated carbocycles. The maximum absolute atomic E-state index is 4.12. The monoisotopic (exact) mass is 137 g/mol. The Kier molecular flexibility index (Phi) is 0.790. The van der Waals surface area contributed by atoms with Gasteiger partial charge in [0, 0.05) is 0 Å². The Bertz CT molecular complexity index is 134. The van der Waals surface area contributed by atoms with Gasteiger partial charge in [-0.2, -0.15) is 0 Å². The van der Waals surface area contributed by atoms with Crippen LogP contribution in [0, 0.1) is 0 Å². The quantitative estimate of drug-likeness (QED) is 0.397. The van der Waals surface area contributed by atoms with Gasteiger partial charge in [0.05, 0.1) is 0 Å². The fourth-order valence-electron chi connectivity index (χ4n) is 0.597. The third-order valence-electron chi connectivity index (χ3n) is 0.987. The van der Waals surface area contributed by atoms with Gasteiger partial charge < -0.3 is 0 Å². The van der Waals surface area contributed by atoms with Crippen LogP contribution >= 0.6 is 0 Å². The van der Waals surface area contributed by atoms with E-state index in [0.29, 0.717) is 0 Å². The summed E-state index contributed by atoms with van der Waals surface area (Å²) in [4.78, 5) is 0. The van der Waals surface area contributed by atoms with Gasteiger partial charge in [-0.05, 0) is 17.5 Å². The molecule has 3 nitrogen and oxygen atoms in total. The highest BCUT2D eigenvalue weighted by Crippen LogP contribution is 1.98. The van der Waals surface area contributed by atoms with E-state index >= 15 is 0 Å². The van der Waals surface area contributed by atoms with E-state index in [9.17, 15) is 0 Å². The minimum absolute atomic E-state index is 0.571. The average molecular weight is 137 g/mol. The molecule has 3 aliphatic heterocycles. The van der Waals surface area contributed by atoms with Gasteiger partial charge in [-0.15, -0.1) is 0 Å². The lowest BCUT2D eigenvalue weighted by molar-refractivity contribution is 1.54. The average Bonchev–Trinajstić information content (AvgIpc) is 1.92. The van der Waals surface area contributed by atoms with Crippen LogP contribution in [0.2, 0.25) is 0 Å². The fraction of sp³-hybridized carbons (Fsp3) is 0. The molecule has 0 aromatic heterocycles. The molecule has 0 saturated heterocycles. The lowest BCUT2D eigenvalue weighted by Crippen LogP contribution is -2.33. The molecular formula is C3H3N3Si2. The third kappa shape index (κ3) is 0.515. The first kappa shape index (κ1) is 4.34. The summed E-state index contributed by atoms with van der Waals surface area (Å²) in [7, 11) is -1.56. The van der Waals surface area contributed by atoms with Crippen LogP contribution in [-0.2, 0) is 0 Å². The molecule has 0 aliphatic carbocycles. The van der Waals surface area contributed by atoms with E-state index in [1.165, 1.54) is 0 Å². The van der Waals surface area contributed by atoms with E-state index in [2.05, 4.69) is 14.0 Å². The highest BCUT2D eigenvalue weighted by atomic mass is 28.3. The van der Waals surface area contributed by atoms with Gasteiger partial charge in [0.15, 0.2) is 8.80 Å². The molecule has 38 valence electrons. The molecule has 2 bridgehead atoms. The fourth-order valence-corrected chi connectivity index (χ4v) is 4.17. The molecule has 3 heterocycles. The minimum Gasteiger partial charge on any atom is -0.290 e. The van der Waals surface area contributed by atoms with Crippen molar-refractivity contribution in [2.24, 2.45) is 14.0 Å². The van der Waals surface area contributed by atoms with Crippen LogP contribution < -0.4 is 0 Å². The normalized spacial score (nSPS) is 25.5. The number of rotatable bonds is 0. The zero-order valence-corrected chi connectivity index (χ0v) is 6.07. The highest BCUT2D eigenvalue weighted by Gasteiger charge is 2.19. The molecule has 0 fully saturated rings. The van der Waals surface area contributed by atoms with Gasteiger partial charge in [-0.1, -0.05) is 0 Å². The summed E-state index contributed by atoms with van der Waals surface area (Å²) in [6.07, 6.45) is 0. The van der Waals surface area contributed by atoms with E-state index in [4.69, 9.17) is 0 Å². The lowest BCUT2D eigenvalue weighted by atomic mass is 11.6. The van der Waals surface area contributed by atoms with Crippen LogP contribution in [0.5, 0.6) is 0 Å². The van der Waals surface area contributed by atoms with Crippen LogP contribution in [-0.4, -0.2) is 35.6 Å². The maximum Gasteiger partial charge on any atom is 0.492 e. The summed E-state index contributed by atoms with van der Waals surface area (Å²) in [5, 5.41) is 0. The summed E-state index contributed by atoms with van der Waals surface area (Å²) < 4.78 is 12.4. The van der Waals surface area contributed by atoms with Crippen molar-refractivity contribution in [1.29, 1.82) is 0 Å². The molecule has 0 aromatic rings. The van der Waals surface area contributed by atoms with E-state index in [1.54, 1.807) is 0 Å². The first-order valence-electron chi connectivity index (χ1n) is 2.31. The van der Waals surface area contributed by atoms with Crippen molar-refractivity contribution in [3.05, 3.63) is 0 Å². The Morgan fingerprint density at radius 2 is 1.38 bits per heavy atom. The number of hydrogen-bond acceptors (Lipinski definition) is 3. The predicted molar refractivity (Wildman–Crippen MR) is 37.0 cm³/mol. The van der Waals surface area contributed by atoms with Gasteiger partial charge in [-0.3, -0.25) is 14.0 Å². The van der Waals surface area contributed by atoms with Crippen LogP contribution in [0.1, 0.15) is 0 Å². The minimum atomic E-state index is -0.988. The third-order valence-corrected chi connectivity index (χ3v) is 4.12. The molecule has 3 aliphatic rings. The molecule has 0 spiro atoms. The van der Waals surface area contributed by atoms with Crippen molar-refractivity contribution in [1.82, 2.24) is 0 Å². The first-order valence-corrected chi connectivity index (χ1v) is 5.39. The van der Waals surface area contributed by atoms with Crippen LogP contribution in [0.3, 0.4) is 0 Å². The molecule has 0 amide bonds. The molecule has 0 atom stereocenters. The van der Waals surface area contributed by atoms with Crippen LogP contribution in [0.15, 0.2) is 14.0 Å². The summed E-state index contributed by atoms with van der Waals surface area (Å²) in [5.41, 5.74) is 0. The maximum atomic E-state index is 4.12. The van der Waals surface area contributed by atoms with Gasteiger partial charge in [0.1, 0.15) is 0 Å². The van der Waals surface area contributed by atoms with Gasteiger partial charge in [0.25, 0.3) is 0 Å². The number of hydrogen-bond donors (Lipinski definition) is 0. The largest absolute Gasteiger partial charge is 0.492 e. The van der Waals surface area contributed by atoms with Crippen molar-refractivity contribution in [3.63, 3.8) is 0 Å². The summed E-state index contributed by atoms with van der Waals surface area (Å²) in [5.74, 6) is 6.04. The van der Waals surface area contributed by atoms with Crippen molar-refractivity contribution >= 4 is 35.6 Å². The molecule has 0 aromatic carbocycles. The van der Waals surface area contributed by atoms with Crippen molar-refractivity contribution in [2.75, 3.05) is 0 Å². The topological polar surface area (TPSA) is 37.1 Å². The first-order chi connectivity index (χ1) is 3.95. The molecule has 2 radical (unpaired) electrons. The van der Waals surface area contributed by atoms with Crippen molar-refractivity contribution in [2.45, 2.75) is 0 Å². The highest BCUT2D eigenvalue weighted by molar-refractivity contribution is 7.23. The molecule has 8 heavy (non-hydrogen) atoms. The molecule has 0 N–H and O–H groups in total. The Morgan fingerprint density at radius 3 is 1.50 bits per heavy atom. The van der Waals surface area contributed by atoms with E-state index in [-0.39, 0.29) is 0 Å². The molecular weight excluding hydrogens is 134 g/mol. The zero-order valence-electron chi connectivity index (χ0n) is 4.07. The Labute approximate surface area is 50.3 Å². The summed E-state index contributed by atoms with van der Waals surface area (Å²) >= 11 is 0. The second-order valence-electron chi connectivity index (χ2n) is 1.57. The van der Waals surface area contributed by atoms with Gasteiger partial charge in [0.2, 0.25) is 0 Å². The Hall–Kier alpha value is -0.556. The van der Waals surface area contributed by atoms with Crippen LogP contribution in [0.4, 0.5) is 0 Å². The van der Waals surface area contributed by atoms with E-state index in [0.717, 1.165) is 0 Å². The lowest BCUT2D eigenvalue weighted by Gasteiger charge is -2.09. The van der Waals surface area contributed by atoms with Gasteiger partial charge >= 0.3 is 9.28 Å². The second-order valence-corrected chi connectivity index (χ2v) is 4.72. The Morgan fingerprint density at radius 1 is 0.875 bits per heavy atom. The molecule has 0 unspecified atom stereocenters. The summed E-state index contributed by atoms with van der Waals surface area (Å²) in [6.45, 7) is 0. The van der Waals surface area contributed by atoms with Crippen LogP contribution in [0.25, 0.3) is 0 Å². The summed E-state index contributed by atoms with van der Waals surface area (Å²) in [6, 6.07) is 0. The second kappa shape index (κ2) is 1.46. The predicted octanol–water partition coefficient (Wildman–Crippen LogP) is -0.677. The van der Waals surface area contributed by atoms with Crippen molar-refractivity contribution < 1.29 is 0 Å². The van der Waals surface area contributed by atoms with Crippen molar-refractivity contribution in [3.8, 4) is 0 Å². The standard InChI is InChI=1S/C3H3N3Si2/c1-4-8-5-2-7(1)3-6-8/h1-3H. The SMILES string of the molecule is C1=N[Si]2N=C[Si]1C=N2. The smallest absolute Gasteiger partial charge is 0.290 e. The number of nitrogens with zero attached hydrogens (tertiary/aromatic N) is 3. The van der Waals surface area contributed by atoms with Gasteiger partial charge in [-0.25, -0.2) is 0 Å². The van der Waals surface area contributed by atoms with E-state index in [1.807, 2.05) is 17.5 Å².